The Morgan fingerprint density at radius 2 is 2.05 bits per heavy atom. The minimum Gasteiger partial charge on any atom is -0.460 e. The molecule has 1 amide bonds. The minimum atomic E-state index is -1.67. The Kier molecular flexibility index (Phi) is 4.45. The molecule has 0 aliphatic carbocycles. The van der Waals surface area contributed by atoms with E-state index in [4.69, 9.17) is 44.3 Å². The van der Waals surface area contributed by atoms with Crippen molar-refractivity contribution in [3.8, 4) is 0 Å². The van der Waals surface area contributed by atoms with Gasteiger partial charge in [0.1, 0.15) is 18.0 Å². The molecule has 0 aromatic heterocycles. The first-order valence-corrected chi connectivity index (χ1v) is 7.86. The van der Waals surface area contributed by atoms with Gasteiger partial charge >= 0.3 is 5.97 Å². The first-order chi connectivity index (χ1) is 9.08. The van der Waals surface area contributed by atoms with Gasteiger partial charge in [-0.3, -0.25) is 4.79 Å². The molecule has 0 radical (unpaired) electrons. The molecule has 2 heterocycles. The number of esters is 1. The van der Waals surface area contributed by atoms with E-state index in [1.165, 1.54) is 23.8 Å². The van der Waals surface area contributed by atoms with E-state index in [1.54, 1.807) is 0 Å². The number of ether oxygens (including phenoxy) is 2. The molecule has 0 saturated carbocycles. The van der Waals surface area contributed by atoms with E-state index in [-0.39, 0.29) is 17.9 Å². The van der Waals surface area contributed by atoms with Crippen LogP contribution in [-0.4, -0.2) is 56.6 Å². The normalized spacial score (nSPS) is 31.8. The number of hydrogen-bond acceptors (Lipinski definition) is 5. The average molecular weight is 363 g/mol. The van der Waals surface area contributed by atoms with Gasteiger partial charge in [0.05, 0.1) is 0 Å². The highest BCUT2D eigenvalue weighted by Crippen LogP contribution is 2.51. The molecule has 2 fully saturated rings. The number of fused-ring (bicyclic) bond motifs is 1. The van der Waals surface area contributed by atoms with Gasteiger partial charge in [-0.05, 0) is 13.8 Å². The molecule has 2 saturated heterocycles. The molecule has 2 rings (SSSR count). The van der Waals surface area contributed by atoms with Gasteiger partial charge in [0.2, 0.25) is 3.79 Å². The third-order valence-electron chi connectivity index (χ3n) is 3.25. The van der Waals surface area contributed by atoms with Crippen LogP contribution in [0.15, 0.2) is 0 Å². The molecular weight excluding hydrogens is 349 g/mol. The van der Waals surface area contributed by atoms with Crippen molar-refractivity contribution in [3.05, 3.63) is 0 Å². The molecule has 0 N–H and O–H groups in total. The summed E-state index contributed by atoms with van der Waals surface area (Å²) in [6.45, 7) is 3.39. The van der Waals surface area contributed by atoms with Crippen molar-refractivity contribution in [1.29, 1.82) is 0 Å². The van der Waals surface area contributed by atoms with E-state index in [9.17, 15) is 9.59 Å². The van der Waals surface area contributed by atoms with E-state index in [0.717, 1.165) is 0 Å². The lowest BCUT2D eigenvalue weighted by molar-refractivity contribution is -0.174. The number of thioether (sulfide) groups is 1. The van der Waals surface area contributed by atoms with Gasteiger partial charge in [-0.25, -0.2) is 4.79 Å². The Labute approximate surface area is 136 Å². The predicted molar refractivity (Wildman–Crippen MR) is 78.1 cm³/mol. The number of β-lactam (4-membered cyclic amide) rings is 1. The lowest BCUT2D eigenvalue weighted by atomic mass is 9.97. The molecule has 0 aromatic rings. The second-order valence-electron chi connectivity index (χ2n) is 5.14. The smallest absolute Gasteiger partial charge is 0.330 e. The van der Waals surface area contributed by atoms with E-state index in [0.29, 0.717) is 0 Å². The van der Waals surface area contributed by atoms with Crippen LogP contribution in [0.5, 0.6) is 0 Å². The Hall–Kier alpha value is 0.120. The zero-order chi connectivity index (χ0) is 15.3. The standard InChI is InChI=1S/C11H14Cl3NO4S/c1-10(2)6(9(17)19-4-11(12,13)14)15-7(16)5(18-3)8(15)20-10/h5-6,8H,4H2,1-3H3/t5-,6-,8+/m0/s1. The number of methoxy groups -OCH3 is 1. The Morgan fingerprint density at radius 3 is 2.55 bits per heavy atom. The predicted octanol–water partition coefficient (Wildman–Crippen LogP) is 1.98. The van der Waals surface area contributed by atoms with Crippen molar-refractivity contribution in [2.45, 2.75) is 39.9 Å². The average Bonchev–Trinajstić information content (AvgIpc) is 2.55. The number of hydrogen-bond donors (Lipinski definition) is 0. The van der Waals surface area contributed by atoms with Crippen molar-refractivity contribution < 1.29 is 19.1 Å². The molecule has 5 nitrogen and oxygen atoms in total. The summed E-state index contributed by atoms with van der Waals surface area (Å²) in [6.07, 6.45) is -0.509. The van der Waals surface area contributed by atoms with Crippen molar-refractivity contribution in [1.82, 2.24) is 4.90 Å². The van der Waals surface area contributed by atoms with E-state index in [1.807, 2.05) is 13.8 Å². The molecule has 2 aliphatic heterocycles. The first kappa shape index (κ1) is 16.5. The van der Waals surface area contributed by atoms with Crippen molar-refractivity contribution in [3.63, 3.8) is 0 Å². The van der Waals surface area contributed by atoms with Crippen LogP contribution in [0.1, 0.15) is 13.8 Å². The van der Waals surface area contributed by atoms with Crippen molar-refractivity contribution in [2.24, 2.45) is 0 Å². The van der Waals surface area contributed by atoms with Crippen LogP contribution in [0.3, 0.4) is 0 Å². The monoisotopic (exact) mass is 361 g/mol. The van der Waals surface area contributed by atoms with E-state index in [2.05, 4.69) is 0 Å². The van der Waals surface area contributed by atoms with Crippen LogP contribution >= 0.6 is 46.6 Å². The molecule has 0 spiro atoms. The summed E-state index contributed by atoms with van der Waals surface area (Å²) >= 11 is 18.2. The summed E-state index contributed by atoms with van der Waals surface area (Å²) in [7, 11) is 1.47. The number of carbonyl (C=O) groups excluding carboxylic acids is 2. The fourth-order valence-electron chi connectivity index (χ4n) is 2.41. The largest absolute Gasteiger partial charge is 0.460 e. The molecular formula is C11H14Cl3NO4S. The van der Waals surface area contributed by atoms with Crippen LogP contribution < -0.4 is 0 Å². The van der Waals surface area contributed by atoms with Crippen molar-refractivity contribution in [2.75, 3.05) is 13.7 Å². The zero-order valence-electron chi connectivity index (χ0n) is 11.1. The van der Waals surface area contributed by atoms with E-state index < -0.39 is 26.7 Å². The highest BCUT2D eigenvalue weighted by atomic mass is 35.6. The second kappa shape index (κ2) is 5.39. The summed E-state index contributed by atoms with van der Waals surface area (Å²) in [5.74, 6) is -0.786. The summed E-state index contributed by atoms with van der Waals surface area (Å²) in [5, 5.41) is -0.173. The van der Waals surface area contributed by atoms with Crippen LogP contribution in [-0.2, 0) is 19.1 Å². The summed E-state index contributed by atoms with van der Waals surface area (Å²) in [5.41, 5.74) is 0. The number of alkyl halides is 3. The molecule has 114 valence electrons. The number of amides is 1. The van der Waals surface area contributed by atoms with Gasteiger partial charge < -0.3 is 14.4 Å². The molecule has 20 heavy (non-hydrogen) atoms. The Balaban J connectivity index is 2.10. The SMILES string of the molecule is CO[C@H]1C(=O)N2[C@@H]1SC(C)(C)[C@@H]2C(=O)OCC(Cl)(Cl)Cl. The lowest BCUT2D eigenvalue weighted by Crippen LogP contribution is -2.66. The first-order valence-electron chi connectivity index (χ1n) is 5.84. The van der Waals surface area contributed by atoms with Gasteiger partial charge in [-0.1, -0.05) is 34.8 Å². The molecule has 0 bridgehead atoms. The number of carbonyl (C=O) groups is 2. The van der Waals surface area contributed by atoms with Gasteiger partial charge in [0.25, 0.3) is 5.91 Å². The lowest BCUT2D eigenvalue weighted by Gasteiger charge is -2.42. The highest BCUT2D eigenvalue weighted by Gasteiger charge is 2.64. The van der Waals surface area contributed by atoms with Crippen LogP contribution in [0.2, 0.25) is 0 Å². The number of nitrogens with zero attached hydrogens (tertiary/aromatic N) is 1. The van der Waals surface area contributed by atoms with Gasteiger partial charge in [-0.2, -0.15) is 0 Å². The fourth-order valence-corrected chi connectivity index (χ4v) is 4.22. The maximum Gasteiger partial charge on any atom is 0.330 e. The number of halogens is 3. The van der Waals surface area contributed by atoms with Crippen LogP contribution in [0.25, 0.3) is 0 Å². The number of rotatable bonds is 3. The zero-order valence-corrected chi connectivity index (χ0v) is 14.1. The second-order valence-corrected chi connectivity index (χ2v) is 9.43. The van der Waals surface area contributed by atoms with Gasteiger partial charge in [-0.15, -0.1) is 11.8 Å². The molecule has 9 heteroatoms. The fraction of sp³-hybridized carbons (Fsp3) is 0.818. The van der Waals surface area contributed by atoms with Gasteiger partial charge in [0.15, 0.2) is 6.10 Å². The third-order valence-corrected chi connectivity index (χ3v) is 5.12. The quantitative estimate of drug-likeness (QED) is 0.436. The summed E-state index contributed by atoms with van der Waals surface area (Å²) in [6, 6.07) is -0.705. The summed E-state index contributed by atoms with van der Waals surface area (Å²) < 4.78 is 7.98. The minimum absolute atomic E-state index is 0.173. The topological polar surface area (TPSA) is 55.8 Å². The highest BCUT2D eigenvalue weighted by molar-refractivity contribution is 8.01. The van der Waals surface area contributed by atoms with E-state index >= 15 is 0 Å². The molecule has 0 aromatic carbocycles. The van der Waals surface area contributed by atoms with Crippen LogP contribution in [0, 0.1) is 0 Å². The van der Waals surface area contributed by atoms with Crippen molar-refractivity contribution >= 4 is 58.4 Å². The Morgan fingerprint density at radius 1 is 1.45 bits per heavy atom. The molecule has 0 unspecified atom stereocenters. The van der Waals surface area contributed by atoms with Crippen LogP contribution in [0.4, 0.5) is 0 Å². The maximum absolute atomic E-state index is 12.2. The maximum atomic E-state index is 12.2. The molecule has 3 atom stereocenters. The Bertz CT molecular complexity index is 440. The third kappa shape index (κ3) is 2.86. The summed E-state index contributed by atoms with van der Waals surface area (Å²) in [4.78, 5) is 25.7. The van der Waals surface area contributed by atoms with Gasteiger partial charge in [0, 0.05) is 11.9 Å². The molecule has 2 aliphatic rings.